The molecule has 1 aliphatic carbocycles. The second-order valence-electron chi connectivity index (χ2n) is 4.22. The molecule has 0 aliphatic heterocycles. The lowest BCUT2D eigenvalue weighted by Crippen LogP contribution is -2.43. The topological polar surface area (TPSA) is 77.2 Å². The summed E-state index contributed by atoms with van der Waals surface area (Å²) in [5.74, 6) is 0.460. The highest BCUT2D eigenvalue weighted by atomic mass is 32.1. The first-order valence-corrected chi connectivity index (χ1v) is 6.55. The largest absolute Gasteiger partial charge is 0.383 e. The van der Waals surface area contributed by atoms with Crippen LogP contribution in [0.5, 0.6) is 0 Å². The Labute approximate surface area is 104 Å². The first-order chi connectivity index (χ1) is 8.20. The summed E-state index contributed by atoms with van der Waals surface area (Å²) in [6.45, 7) is 0.685. The average Bonchev–Trinajstić information content (AvgIpc) is 3.06. The molecule has 2 rings (SSSR count). The Morgan fingerprint density at radius 1 is 1.76 bits per heavy atom. The highest BCUT2D eigenvalue weighted by molar-refractivity contribution is 7.09. The molecule has 3 N–H and O–H groups in total. The molecule has 5 nitrogen and oxygen atoms in total. The molecule has 1 atom stereocenters. The van der Waals surface area contributed by atoms with E-state index in [2.05, 4.69) is 15.7 Å². The molecule has 17 heavy (non-hydrogen) atoms. The van der Waals surface area contributed by atoms with Gasteiger partial charge < -0.3 is 15.8 Å². The number of methoxy groups -OCH3 is 1. The first-order valence-electron chi connectivity index (χ1n) is 5.67. The van der Waals surface area contributed by atoms with Crippen LogP contribution in [0.2, 0.25) is 0 Å². The van der Waals surface area contributed by atoms with E-state index in [-0.39, 0.29) is 12.5 Å². The summed E-state index contributed by atoms with van der Waals surface area (Å²) in [6, 6.07) is -0.608. The number of amides is 1. The summed E-state index contributed by atoms with van der Waals surface area (Å²) >= 11 is 1.59. The van der Waals surface area contributed by atoms with Crippen LogP contribution in [0.1, 0.15) is 29.5 Å². The third kappa shape index (κ3) is 3.49. The number of thiazole rings is 1. The fourth-order valence-electron chi connectivity index (χ4n) is 1.52. The van der Waals surface area contributed by atoms with E-state index in [9.17, 15) is 4.79 Å². The van der Waals surface area contributed by atoms with Crippen molar-refractivity contribution in [3.63, 3.8) is 0 Å². The van der Waals surface area contributed by atoms with E-state index in [1.165, 1.54) is 25.6 Å². The van der Waals surface area contributed by atoms with Crippen LogP contribution in [0.25, 0.3) is 0 Å². The van der Waals surface area contributed by atoms with Crippen molar-refractivity contribution in [3.05, 3.63) is 16.1 Å². The smallest absolute Gasteiger partial charge is 0.239 e. The van der Waals surface area contributed by atoms with Gasteiger partial charge in [0, 0.05) is 18.4 Å². The van der Waals surface area contributed by atoms with Gasteiger partial charge in [0.15, 0.2) is 0 Å². The average molecular weight is 255 g/mol. The van der Waals surface area contributed by atoms with Gasteiger partial charge in [-0.3, -0.25) is 4.79 Å². The minimum Gasteiger partial charge on any atom is -0.383 e. The van der Waals surface area contributed by atoms with Gasteiger partial charge in [-0.15, -0.1) is 11.3 Å². The van der Waals surface area contributed by atoms with Crippen LogP contribution in [-0.4, -0.2) is 30.6 Å². The molecule has 1 amide bonds. The maximum absolute atomic E-state index is 11.5. The summed E-state index contributed by atoms with van der Waals surface area (Å²) in [4.78, 5) is 16.0. The molecule has 0 bridgehead atoms. The van der Waals surface area contributed by atoms with Crippen molar-refractivity contribution in [3.8, 4) is 0 Å². The zero-order chi connectivity index (χ0) is 12.3. The Kier molecular flexibility index (Phi) is 4.09. The van der Waals surface area contributed by atoms with Crippen molar-refractivity contribution >= 4 is 17.2 Å². The zero-order valence-corrected chi connectivity index (χ0v) is 10.6. The molecule has 1 aromatic rings. The van der Waals surface area contributed by atoms with E-state index in [1.807, 2.05) is 0 Å². The molecule has 0 saturated heterocycles. The van der Waals surface area contributed by atoms with E-state index in [4.69, 9.17) is 10.5 Å². The fourth-order valence-corrected chi connectivity index (χ4v) is 2.34. The molecular weight excluding hydrogens is 238 g/mol. The van der Waals surface area contributed by atoms with E-state index in [0.29, 0.717) is 12.5 Å². The van der Waals surface area contributed by atoms with Crippen molar-refractivity contribution in [2.45, 2.75) is 31.3 Å². The van der Waals surface area contributed by atoms with E-state index < -0.39 is 6.04 Å². The highest BCUT2D eigenvalue weighted by Crippen LogP contribution is 2.40. The Bertz CT molecular complexity index is 390. The first kappa shape index (κ1) is 12.5. The molecule has 1 heterocycles. The Morgan fingerprint density at radius 3 is 3.18 bits per heavy atom. The monoisotopic (exact) mass is 255 g/mol. The van der Waals surface area contributed by atoms with E-state index >= 15 is 0 Å². The van der Waals surface area contributed by atoms with Crippen molar-refractivity contribution in [2.75, 3.05) is 13.7 Å². The van der Waals surface area contributed by atoms with Gasteiger partial charge in [-0.05, 0) is 12.8 Å². The molecule has 1 unspecified atom stereocenters. The Hall–Kier alpha value is -0.980. The Morgan fingerprint density at radius 2 is 2.53 bits per heavy atom. The van der Waals surface area contributed by atoms with Gasteiger partial charge in [0.2, 0.25) is 5.91 Å². The second-order valence-corrected chi connectivity index (χ2v) is 5.16. The van der Waals surface area contributed by atoms with E-state index in [0.717, 1.165) is 5.01 Å². The molecule has 0 radical (unpaired) electrons. The normalized spacial score (nSPS) is 16.8. The number of hydrogen-bond donors (Lipinski definition) is 2. The van der Waals surface area contributed by atoms with Crippen LogP contribution in [-0.2, 0) is 16.1 Å². The predicted octanol–water partition coefficient (Wildman–Crippen LogP) is 0.610. The van der Waals surface area contributed by atoms with Crippen LogP contribution < -0.4 is 11.1 Å². The molecule has 0 spiro atoms. The van der Waals surface area contributed by atoms with Crippen molar-refractivity contribution in [2.24, 2.45) is 5.73 Å². The fraction of sp³-hybridized carbons (Fsp3) is 0.636. The summed E-state index contributed by atoms with van der Waals surface area (Å²) < 4.78 is 4.82. The third-order valence-electron chi connectivity index (χ3n) is 2.66. The summed E-state index contributed by atoms with van der Waals surface area (Å²) in [5.41, 5.74) is 6.77. The van der Waals surface area contributed by atoms with Gasteiger partial charge in [-0.1, -0.05) is 0 Å². The molecule has 6 heteroatoms. The molecule has 1 fully saturated rings. The lowest BCUT2D eigenvalue weighted by Gasteiger charge is -2.09. The third-order valence-corrected chi connectivity index (χ3v) is 3.53. The van der Waals surface area contributed by atoms with Crippen molar-refractivity contribution in [1.82, 2.24) is 10.3 Å². The van der Waals surface area contributed by atoms with Gasteiger partial charge in [-0.25, -0.2) is 4.98 Å². The minimum atomic E-state index is -0.608. The van der Waals surface area contributed by atoms with Crippen LogP contribution in [0.3, 0.4) is 0 Å². The second kappa shape index (κ2) is 5.57. The SMILES string of the molecule is COCC(N)C(=O)NCc1nc(C2CC2)cs1. The van der Waals surface area contributed by atoms with Gasteiger partial charge in [0.05, 0.1) is 18.8 Å². The number of rotatable bonds is 6. The summed E-state index contributed by atoms with van der Waals surface area (Å²) in [7, 11) is 1.52. The number of nitrogens with zero attached hydrogens (tertiary/aromatic N) is 1. The zero-order valence-electron chi connectivity index (χ0n) is 9.81. The number of hydrogen-bond acceptors (Lipinski definition) is 5. The van der Waals surface area contributed by atoms with Crippen LogP contribution in [0.4, 0.5) is 0 Å². The Balaban J connectivity index is 1.78. The maximum Gasteiger partial charge on any atom is 0.239 e. The van der Waals surface area contributed by atoms with Crippen LogP contribution in [0, 0.1) is 0 Å². The van der Waals surface area contributed by atoms with Gasteiger partial charge in [0.1, 0.15) is 11.0 Å². The highest BCUT2D eigenvalue weighted by Gasteiger charge is 2.26. The number of carbonyl (C=O) groups excluding carboxylic acids is 1. The van der Waals surface area contributed by atoms with Crippen LogP contribution >= 0.6 is 11.3 Å². The number of nitrogens with two attached hydrogens (primary N) is 1. The van der Waals surface area contributed by atoms with Gasteiger partial charge in [-0.2, -0.15) is 0 Å². The van der Waals surface area contributed by atoms with Gasteiger partial charge in [0.25, 0.3) is 0 Å². The van der Waals surface area contributed by atoms with Crippen molar-refractivity contribution < 1.29 is 9.53 Å². The quantitative estimate of drug-likeness (QED) is 0.781. The lowest BCUT2D eigenvalue weighted by atomic mass is 10.3. The lowest BCUT2D eigenvalue weighted by molar-refractivity contribution is -0.123. The molecule has 0 aromatic carbocycles. The standard InChI is InChI=1S/C11H17N3O2S/c1-16-5-8(12)11(15)13-4-10-14-9(6-17-10)7-2-3-7/h6-8H,2-5,12H2,1H3,(H,13,15). The molecule has 94 valence electrons. The molecule has 1 aromatic heterocycles. The number of carbonyl (C=O) groups is 1. The predicted molar refractivity (Wildman–Crippen MR) is 65.8 cm³/mol. The minimum absolute atomic E-state index is 0.199. The van der Waals surface area contributed by atoms with Crippen LogP contribution in [0.15, 0.2) is 5.38 Å². The maximum atomic E-state index is 11.5. The number of ether oxygens (including phenoxy) is 1. The summed E-state index contributed by atoms with van der Waals surface area (Å²) in [5, 5.41) is 5.77. The number of aromatic nitrogens is 1. The number of nitrogens with one attached hydrogen (secondary N) is 1. The van der Waals surface area contributed by atoms with Crippen molar-refractivity contribution in [1.29, 1.82) is 0 Å². The molecule has 1 aliphatic rings. The molecule has 1 saturated carbocycles. The van der Waals surface area contributed by atoms with E-state index in [1.54, 1.807) is 11.3 Å². The summed E-state index contributed by atoms with van der Waals surface area (Å²) in [6.07, 6.45) is 2.49. The van der Waals surface area contributed by atoms with Gasteiger partial charge >= 0.3 is 0 Å². The molecular formula is C11H17N3O2S.